The van der Waals surface area contributed by atoms with Gasteiger partial charge in [0.15, 0.2) is 0 Å². The smallest absolute Gasteiger partial charge is 0.251 e. The summed E-state index contributed by atoms with van der Waals surface area (Å²) in [5.74, 6) is 0.414. The van der Waals surface area contributed by atoms with Gasteiger partial charge in [-0.1, -0.05) is 6.92 Å². The fourth-order valence-corrected chi connectivity index (χ4v) is 6.32. The van der Waals surface area contributed by atoms with Crippen molar-refractivity contribution in [1.29, 1.82) is 0 Å². The summed E-state index contributed by atoms with van der Waals surface area (Å²) in [6, 6.07) is 6.42. The third-order valence-electron chi connectivity index (χ3n) is 6.02. The number of sulfonamides is 1. The van der Waals surface area contributed by atoms with Crippen molar-refractivity contribution in [3.05, 3.63) is 29.8 Å². The van der Waals surface area contributed by atoms with Crippen LogP contribution in [0.3, 0.4) is 0 Å². The average Bonchev–Trinajstić information content (AvgIpc) is 2.59. The molecule has 2 aliphatic rings. The highest BCUT2D eigenvalue weighted by molar-refractivity contribution is 7.89. The van der Waals surface area contributed by atoms with Crippen LogP contribution in [0.5, 0.6) is 0 Å². The highest BCUT2D eigenvalue weighted by Crippen LogP contribution is 2.29. The maximum Gasteiger partial charge on any atom is 0.251 e. The van der Waals surface area contributed by atoms with Gasteiger partial charge in [0.05, 0.1) is 4.90 Å². The fourth-order valence-electron chi connectivity index (χ4n) is 4.85. The number of amides is 1. The van der Waals surface area contributed by atoms with E-state index in [1.165, 1.54) is 0 Å². The summed E-state index contributed by atoms with van der Waals surface area (Å²) in [6.07, 6.45) is 3.48. The van der Waals surface area contributed by atoms with Crippen LogP contribution in [0.1, 0.15) is 70.7 Å². The van der Waals surface area contributed by atoms with E-state index in [-0.39, 0.29) is 27.9 Å². The number of nitrogens with one attached hydrogen (secondary N) is 2. The maximum absolute atomic E-state index is 12.9. The number of hydrogen-bond donors (Lipinski definition) is 2. The number of hydrogen-bond acceptors (Lipinski definition) is 4. The maximum atomic E-state index is 12.9. The highest BCUT2D eigenvalue weighted by atomic mass is 32.2. The Hall–Kier alpha value is -1.44. The zero-order valence-electron chi connectivity index (χ0n) is 18.3. The Morgan fingerprint density at radius 3 is 2.07 bits per heavy atom. The van der Waals surface area contributed by atoms with E-state index in [9.17, 15) is 13.2 Å². The van der Waals surface area contributed by atoms with Crippen LogP contribution in [0.25, 0.3) is 0 Å². The van der Waals surface area contributed by atoms with Crippen molar-refractivity contribution >= 4 is 15.9 Å². The van der Waals surface area contributed by atoms with Crippen LogP contribution in [-0.4, -0.2) is 48.8 Å². The predicted molar refractivity (Wildman–Crippen MR) is 115 cm³/mol. The van der Waals surface area contributed by atoms with Gasteiger partial charge in [-0.2, -0.15) is 4.31 Å². The van der Waals surface area contributed by atoms with Gasteiger partial charge < -0.3 is 10.6 Å². The summed E-state index contributed by atoms with van der Waals surface area (Å²) in [6.45, 7) is 11.9. The zero-order chi connectivity index (χ0) is 21.4. The van der Waals surface area contributed by atoms with Gasteiger partial charge in [0.1, 0.15) is 0 Å². The van der Waals surface area contributed by atoms with Gasteiger partial charge in [-0.15, -0.1) is 0 Å². The van der Waals surface area contributed by atoms with Gasteiger partial charge in [0.25, 0.3) is 5.91 Å². The molecule has 1 aromatic carbocycles. The second-order valence-corrected chi connectivity index (χ2v) is 12.0. The normalized spacial score (nSPS) is 23.6. The Kier molecular flexibility index (Phi) is 6.14. The van der Waals surface area contributed by atoms with E-state index in [2.05, 4.69) is 45.3 Å². The molecule has 2 aliphatic heterocycles. The van der Waals surface area contributed by atoms with Gasteiger partial charge in [-0.3, -0.25) is 4.79 Å². The van der Waals surface area contributed by atoms with Crippen molar-refractivity contribution in [2.45, 2.75) is 82.3 Å². The fraction of sp³-hybridized carbons (Fsp3) is 0.682. The minimum Gasteiger partial charge on any atom is -0.349 e. The molecule has 0 unspecified atom stereocenters. The quantitative estimate of drug-likeness (QED) is 0.783. The monoisotopic (exact) mass is 421 g/mol. The van der Waals surface area contributed by atoms with Gasteiger partial charge in [0, 0.05) is 35.8 Å². The molecular formula is C22H35N3O3S. The molecule has 2 saturated heterocycles. The van der Waals surface area contributed by atoms with Crippen molar-refractivity contribution in [1.82, 2.24) is 14.9 Å². The molecule has 0 atom stereocenters. The minimum absolute atomic E-state index is 0.0520. The molecule has 1 aromatic rings. The van der Waals surface area contributed by atoms with Crippen LogP contribution >= 0.6 is 0 Å². The Morgan fingerprint density at radius 1 is 1.03 bits per heavy atom. The molecule has 0 saturated carbocycles. The van der Waals surface area contributed by atoms with E-state index in [0.717, 1.165) is 25.7 Å². The zero-order valence-corrected chi connectivity index (χ0v) is 19.1. The molecule has 2 N–H and O–H groups in total. The topological polar surface area (TPSA) is 78.5 Å². The molecule has 0 spiro atoms. The van der Waals surface area contributed by atoms with Crippen molar-refractivity contribution in [3.8, 4) is 0 Å². The summed E-state index contributed by atoms with van der Waals surface area (Å²) in [5, 5.41) is 6.74. The molecule has 0 radical (unpaired) electrons. The van der Waals surface area contributed by atoms with Crippen molar-refractivity contribution in [3.63, 3.8) is 0 Å². The first-order chi connectivity index (χ1) is 13.4. The summed E-state index contributed by atoms with van der Waals surface area (Å²) >= 11 is 0. The lowest BCUT2D eigenvalue weighted by atomic mass is 9.79. The van der Waals surface area contributed by atoms with E-state index in [4.69, 9.17) is 0 Å². The van der Waals surface area contributed by atoms with Crippen LogP contribution < -0.4 is 10.6 Å². The summed E-state index contributed by atoms with van der Waals surface area (Å²) in [4.78, 5) is 13.0. The Morgan fingerprint density at radius 2 is 1.55 bits per heavy atom. The van der Waals surface area contributed by atoms with Gasteiger partial charge in [-0.25, -0.2) is 8.42 Å². The molecule has 29 heavy (non-hydrogen) atoms. The van der Waals surface area contributed by atoms with Crippen LogP contribution in [-0.2, 0) is 10.0 Å². The summed E-state index contributed by atoms with van der Waals surface area (Å²) < 4.78 is 27.3. The lowest BCUT2D eigenvalue weighted by Crippen LogP contribution is -2.62. The number of nitrogens with zero attached hydrogens (tertiary/aromatic N) is 1. The van der Waals surface area contributed by atoms with Crippen LogP contribution in [0.4, 0.5) is 0 Å². The van der Waals surface area contributed by atoms with Crippen molar-refractivity contribution in [2.24, 2.45) is 5.92 Å². The Bertz CT molecular complexity index is 823. The molecule has 7 heteroatoms. The average molecular weight is 422 g/mol. The molecule has 0 aromatic heterocycles. The first-order valence-electron chi connectivity index (χ1n) is 10.6. The lowest BCUT2D eigenvalue weighted by Gasteiger charge is -2.46. The minimum atomic E-state index is -3.49. The number of carbonyl (C=O) groups is 1. The Balaban J connectivity index is 1.67. The van der Waals surface area contributed by atoms with E-state index in [1.54, 1.807) is 28.6 Å². The molecule has 0 bridgehead atoms. The van der Waals surface area contributed by atoms with Crippen LogP contribution in [0.15, 0.2) is 29.2 Å². The van der Waals surface area contributed by atoms with Gasteiger partial charge in [-0.05, 0) is 83.6 Å². The second-order valence-electron chi connectivity index (χ2n) is 10.1. The SMILES string of the molecule is CC1CCN(S(=O)(=O)c2ccc(C(=O)NC3CC(C)(C)NC(C)(C)C3)cc2)CC1. The molecule has 6 nitrogen and oxygen atoms in total. The van der Waals surface area contributed by atoms with Gasteiger partial charge in [0.2, 0.25) is 10.0 Å². The standard InChI is InChI=1S/C22H35N3O3S/c1-16-10-12-25(13-11-16)29(27,28)19-8-6-17(7-9-19)20(26)23-18-14-21(2,3)24-22(4,5)15-18/h6-9,16,18,24H,10-15H2,1-5H3,(H,23,26). The van der Waals surface area contributed by atoms with Crippen molar-refractivity contribution in [2.75, 3.05) is 13.1 Å². The lowest BCUT2D eigenvalue weighted by molar-refractivity contribution is 0.0873. The molecule has 162 valence electrons. The number of piperidine rings is 2. The molecule has 1 amide bonds. The van der Waals surface area contributed by atoms with E-state index in [0.29, 0.717) is 24.6 Å². The first kappa shape index (κ1) is 22.2. The highest BCUT2D eigenvalue weighted by Gasteiger charge is 2.38. The molecule has 3 rings (SSSR count). The van der Waals surface area contributed by atoms with Crippen LogP contribution in [0.2, 0.25) is 0 Å². The first-order valence-corrected chi connectivity index (χ1v) is 12.0. The third kappa shape index (κ3) is 5.38. The summed E-state index contributed by atoms with van der Waals surface area (Å²) in [7, 11) is -3.49. The van der Waals surface area contributed by atoms with Gasteiger partial charge >= 0.3 is 0 Å². The van der Waals surface area contributed by atoms with Crippen LogP contribution in [0, 0.1) is 5.92 Å². The summed E-state index contributed by atoms with van der Waals surface area (Å²) in [5.41, 5.74) is 0.387. The number of carbonyl (C=O) groups excluding carboxylic acids is 1. The molecule has 2 heterocycles. The number of rotatable bonds is 4. The second kappa shape index (κ2) is 8.00. The predicted octanol–water partition coefficient (Wildman–Crippen LogP) is 3.15. The largest absolute Gasteiger partial charge is 0.349 e. The van der Waals surface area contributed by atoms with E-state index < -0.39 is 10.0 Å². The third-order valence-corrected chi connectivity index (χ3v) is 7.94. The molecular weight excluding hydrogens is 386 g/mol. The van der Waals surface area contributed by atoms with E-state index >= 15 is 0 Å². The Labute approximate surface area is 175 Å². The van der Waals surface area contributed by atoms with Crippen molar-refractivity contribution < 1.29 is 13.2 Å². The van der Waals surface area contributed by atoms with E-state index in [1.807, 2.05) is 0 Å². The number of benzene rings is 1. The molecule has 2 fully saturated rings. The molecule has 0 aliphatic carbocycles.